The van der Waals surface area contributed by atoms with Gasteiger partial charge in [-0.25, -0.2) is 4.79 Å². The first kappa shape index (κ1) is 18.5. The van der Waals surface area contributed by atoms with Gasteiger partial charge in [-0.15, -0.1) is 0 Å². The summed E-state index contributed by atoms with van der Waals surface area (Å²) in [6.45, 7) is 1.32. The molecule has 2 aromatic carbocycles. The van der Waals surface area contributed by atoms with Gasteiger partial charge in [0.15, 0.2) is 6.61 Å². The Bertz CT molecular complexity index is 887. The summed E-state index contributed by atoms with van der Waals surface area (Å²) in [7, 11) is 0. The second-order valence-electron chi connectivity index (χ2n) is 6.19. The second kappa shape index (κ2) is 8.85. The Morgan fingerprint density at radius 1 is 1.00 bits per heavy atom. The number of carbonyl (C=O) groups excluding carboxylic acids is 2. The highest BCUT2D eigenvalue weighted by molar-refractivity contribution is 5.92. The zero-order valence-electron chi connectivity index (χ0n) is 15.1. The van der Waals surface area contributed by atoms with Crippen LogP contribution in [0.2, 0.25) is 0 Å². The van der Waals surface area contributed by atoms with Crippen LogP contribution in [0.15, 0.2) is 77.4 Å². The minimum absolute atomic E-state index is 0.213. The van der Waals surface area contributed by atoms with Gasteiger partial charge in [0.25, 0.3) is 5.91 Å². The third kappa shape index (κ3) is 5.07. The maximum Gasteiger partial charge on any atom is 0.342 e. The van der Waals surface area contributed by atoms with E-state index in [0.29, 0.717) is 17.7 Å². The molecular formula is C22H21NO4. The van der Waals surface area contributed by atoms with Gasteiger partial charge >= 0.3 is 5.97 Å². The van der Waals surface area contributed by atoms with Crippen LogP contribution in [0.25, 0.3) is 0 Å². The number of benzene rings is 2. The van der Waals surface area contributed by atoms with Crippen LogP contribution in [0.4, 0.5) is 0 Å². The molecule has 0 radical (unpaired) electrons. The Morgan fingerprint density at radius 3 is 2.30 bits per heavy atom. The minimum Gasteiger partial charge on any atom is -0.469 e. The van der Waals surface area contributed by atoms with Crippen molar-refractivity contribution < 1.29 is 18.7 Å². The minimum atomic E-state index is -0.573. The first-order valence-electron chi connectivity index (χ1n) is 8.73. The first-order valence-corrected chi connectivity index (χ1v) is 8.73. The Kier molecular flexibility index (Phi) is 6.05. The predicted octanol–water partition coefficient (Wildman–Crippen LogP) is 3.85. The molecule has 0 aliphatic carbocycles. The number of amides is 1. The van der Waals surface area contributed by atoms with Gasteiger partial charge in [-0.2, -0.15) is 0 Å². The van der Waals surface area contributed by atoms with Crippen molar-refractivity contribution in [2.24, 2.45) is 0 Å². The van der Waals surface area contributed by atoms with E-state index in [2.05, 4.69) is 5.32 Å². The van der Waals surface area contributed by atoms with Gasteiger partial charge in [-0.3, -0.25) is 4.79 Å². The Hall–Kier alpha value is -3.34. The van der Waals surface area contributed by atoms with Crippen LogP contribution in [0, 0.1) is 6.92 Å². The van der Waals surface area contributed by atoms with E-state index in [1.54, 1.807) is 6.92 Å². The van der Waals surface area contributed by atoms with E-state index < -0.39 is 5.97 Å². The number of hydrogen-bond acceptors (Lipinski definition) is 4. The van der Waals surface area contributed by atoms with Crippen molar-refractivity contribution in [1.29, 1.82) is 0 Å². The lowest BCUT2D eigenvalue weighted by Crippen LogP contribution is -2.33. The number of carbonyl (C=O) groups is 2. The smallest absolute Gasteiger partial charge is 0.342 e. The maximum absolute atomic E-state index is 12.4. The molecule has 3 aromatic rings. The summed E-state index contributed by atoms with van der Waals surface area (Å²) < 4.78 is 10.2. The van der Waals surface area contributed by atoms with E-state index in [9.17, 15) is 9.59 Å². The molecule has 0 aliphatic heterocycles. The average Bonchev–Trinajstić information content (AvgIpc) is 3.13. The van der Waals surface area contributed by atoms with Crippen LogP contribution in [0.1, 0.15) is 33.3 Å². The third-order valence-electron chi connectivity index (χ3n) is 4.23. The summed E-state index contributed by atoms with van der Waals surface area (Å²) in [4.78, 5) is 24.4. The van der Waals surface area contributed by atoms with Crippen LogP contribution >= 0.6 is 0 Å². The molecule has 0 spiro atoms. The van der Waals surface area contributed by atoms with Gasteiger partial charge in [0, 0.05) is 0 Å². The van der Waals surface area contributed by atoms with E-state index >= 15 is 0 Å². The lowest BCUT2D eigenvalue weighted by Gasteiger charge is -2.19. The lowest BCUT2D eigenvalue weighted by atomic mass is 9.99. The molecule has 1 amide bonds. The maximum atomic E-state index is 12.4. The molecule has 1 heterocycles. The molecule has 1 aromatic heterocycles. The highest BCUT2D eigenvalue weighted by atomic mass is 16.5. The van der Waals surface area contributed by atoms with Crippen molar-refractivity contribution in [2.45, 2.75) is 19.4 Å². The number of ether oxygens (including phenoxy) is 1. The highest BCUT2D eigenvalue weighted by Crippen LogP contribution is 2.18. The van der Waals surface area contributed by atoms with Crippen LogP contribution in [0.3, 0.4) is 0 Å². The van der Waals surface area contributed by atoms with Crippen molar-refractivity contribution in [3.8, 4) is 0 Å². The Labute approximate surface area is 158 Å². The van der Waals surface area contributed by atoms with Crippen molar-refractivity contribution in [2.75, 3.05) is 6.61 Å². The molecule has 0 bridgehead atoms. The molecule has 0 saturated carbocycles. The van der Waals surface area contributed by atoms with Crippen LogP contribution in [0.5, 0.6) is 0 Å². The third-order valence-corrected chi connectivity index (χ3v) is 4.23. The number of hydrogen-bond donors (Lipinski definition) is 1. The topological polar surface area (TPSA) is 68.5 Å². The largest absolute Gasteiger partial charge is 0.469 e. The standard InChI is InChI=1S/C22H21NO4/c1-16-19(12-13-26-16)22(25)27-15-21(24)23-20(18-10-6-3-7-11-18)14-17-8-4-2-5-9-17/h2-13,20H,14-15H2,1H3,(H,23,24). The summed E-state index contributed by atoms with van der Waals surface area (Å²) in [5, 5.41) is 2.96. The highest BCUT2D eigenvalue weighted by Gasteiger charge is 2.18. The molecule has 5 nitrogen and oxygen atoms in total. The Morgan fingerprint density at radius 2 is 1.67 bits per heavy atom. The Balaban J connectivity index is 1.64. The molecule has 3 rings (SSSR count). The van der Waals surface area contributed by atoms with Gasteiger partial charge in [-0.1, -0.05) is 60.7 Å². The molecule has 138 valence electrons. The van der Waals surface area contributed by atoms with Crippen molar-refractivity contribution in [1.82, 2.24) is 5.32 Å². The predicted molar refractivity (Wildman–Crippen MR) is 101 cm³/mol. The van der Waals surface area contributed by atoms with E-state index in [1.807, 2.05) is 60.7 Å². The summed E-state index contributed by atoms with van der Waals surface area (Å²) in [6, 6.07) is 21.0. The number of aryl methyl sites for hydroxylation is 1. The molecular weight excluding hydrogens is 342 g/mol. The van der Waals surface area contributed by atoms with Crippen molar-refractivity contribution in [3.05, 3.63) is 95.4 Å². The summed E-state index contributed by atoms with van der Waals surface area (Å²) >= 11 is 0. The molecule has 1 unspecified atom stereocenters. The van der Waals surface area contributed by atoms with Gasteiger partial charge < -0.3 is 14.5 Å². The first-order chi connectivity index (χ1) is 13.1. The molecule has 1 atom stereocenters. The molecule has 1 N–H and O–H groups in total. The molecule has 5 heteroatoms. The fourth-order valence-corrected chi connectivity index (χ4v) is 2.83. The fraction of sp³-hybridized carbons (Fsp3) is 0.182. The molecule has 27 heavy (non-hydrogen) atoms. The molecule has 0 fully saturated rings. The van der Waals surface area contributed by atoms with Crippen LogP contribution in [-0.2, 0) is 16.0 Å². The summed E-state index contributed by atoms with van der Waals surface area (Å²) in [6.07, 6.45) is 2.06. The van der Waals surface area contributed by atoms with Gasteiger partial charge in [0.1, 0.15) is 11.3 Å². The molecule has 0 saturated heterocycles. The average molecular weight is 363 g/mol. The monoisotopic (exact) mass is 363 g/mol. The number of esters is 1. The van der Waals surface area contributed by atoms with Gasteiger partial charge in [-0.05, 0) is 30.5 Å². The zero-order chi connectivity index (χ0) is 19.1. The number of furan rings is 1. The van der Waals surface area contributed by atoms with Crippen molar-refractivity contribution >= 4 is 11.9 Å². The normalized spacial score (nSPS) is 11.6. The second-order valence-corrected chi connectivity index (χ2v) is 6.19. The SMILES string of the molecule is Cc1occc1C(=O)OCC(=O)NC(Cc1ccccc1)c1ccccc1. The van der Waals surface area contributed by atoms with E-state index in [-0.39, 0.29) is 18.6 Å². The van der Waals surface area contributed by atoms with Crippen LogP contribution in [-0.4, -0.2) is 18.5 Å². The van der Waals surface area contributed by atoms with Gasteiger partial charge in [0.2, 0.25) is 0 Å². The summed E-state index contributed by atoms with van der Waals surface area (Å²) in [5.74, 6) is -0.461. The fourth-order valence-electron chi connectivity index (χ4n) is 2.83. The van der Waals surface area contributed by atoms with Crippen LogP contribution < -0.4 is 5.32 Å². The quantitative estimate of drug-likeness (QED) is 0.648. The van der Waals surface area contributed by atoms with E-state index in [4.69, 9.17) is 9.15 Å². The zero-order valence-corrected chi connectivity index (χ0v) is 15.1. The summed E-state index contributed by atoms with van der Waals surface area (Å²) in [5.41, 5.74) is 2.43. The number of nitrogens with one attached hydrogen (secondary N) is 1. The van der Waals surface area contributed by atoms with E-state index in [1.165, 1.54) is 12.3 Å². The van der Waals surface area contributed by atoms with E-state index in [0.717, 1.165) is 11.1 Å². The lowest BCUT2D eigenvalue weighted by molar-refractivity contribution is -0.125. The number of rotatable bonds is 7. The van der Waals surface area contributed by atoms with Gasteiger partial charge in [0.05, 0.1) is 12.3 Å². The van der Waals surface area contributed by atoms with Crippen molar-refractivity contribution in [3.63, 3.8) is 0 Å². The molecule has 0 aliphatic rings.